The van der Waals surface area contributed by atoms with Crippen molar-refractivity contribution in [3.8, 4) is 0 Å². The van der Waals surface area contributed by atoms with E-state index in [4.69, 9.17) is 11.6 Å². The maximum absolute atomic E-state index is 13.0. The van der Waals surface area contributed by atoms with E-state index in [1.54, 1.807) is 34.9 Å². The van der Waals surface area contributed by atoms with Crippen LogP contribution in [0, 0.1) is 5.82 Å². The Morgan fingerprint density at radius 2 is 1.65 bits per heavy atom. The van der Waals surface area contributed by atoms with Crippen LogP contribution in [-0.2, 0) is 22.6 Å². The van der Waals surface area contributed by atoms with E-state index in [1.807, 2.05) is 0 Å². The van der Waals surface area contributed by atoms with Crippen LogP contribution in [0.2, 0.25) is 5.02 Å². The van der Waals surface area contributed by atoms with E-state index in [9.17, 15) is 14.0 Å². The van der Waals surface area contributed by atoms with Crippen molar-refractivity contribution in [2.75, 3.05) is 16.4 Å². The molecular formula is C21H19ClFN5O2S. The molecule has 31 heavy (non-hydrogen) atoms. The van der Waals surface area contributed by atoms with Crippen molar-refractivity contribution in [1.29, 1.82) is 0 Å². The molecule has 0 saturated carbocycles. The highest BCUT2D eigenvalue weighted by molar-refractivity contribution is 7.99. The van der Waals surface area contributed by atoms with E-state index in [0.29, 0.717) is 33.9 Å². The van der Waals surface area contributed by atoms with Gasteiger partial charge in [-0.3, -0.25) is 9.59 Å². The molecule has 1 heterocycles. The SMILES string of the molecule is C=CCn1c(CC(=O)Nc2ccc(F)cc2)nnc1SCC(=O)Nc1ccc(Cl)cc1. The van der Waals surface area contributed by atoms with E-state index in [0.717, 1.165) is 0 Å². The largest absolute Gasteiger partial charge is 0.326 e. The molecule has 0 bridgehead atoms. The summed E-state index contributed by atoms with van der Waals surface area (Å²) in [5.41, 5.74) is 1.12. The lowest BCUT2D eigenvalue weighted by Crippen LogP contribution is -2.18. The Morgan fingerprint density at radius 1 is 1.03 bits per heavy atom. The highest BCUT2D eigenvalue weighted by atomic mass is 35.5. The van der Waals surface area contributed by atoms with Crippen molar-refractivity contribution in [1.82, 2.24) is 14.8 Å². The second-order valence-electron chi connectivity index (χ2n) is 6.37. The Bertz CT molecular complexity index is 1070. The molecule has 2 N–H and O–H groups in total. The number of thioether (sulfide) groups is 1. The first-order valence-corrected chi connectivity index (χ1v) is 10.6. The number of carbonyl (C=O) groups excluding carboxylic acids is 2. The van der Waals surface area contributed by atoms with Gasteiger partial charge in [0.15, 0.2) is 5.16 Å². The lowest BCUT2D eigenvalue weighted by Gasteiger charge is -2.09. The average Bonchev–Trinajstić information content (AvgIpc) is 3.11. The van der Waals surface area contributed by atoms with E-state index >= 15 is 0 Å². The molecule has 0 aliphatic rings. The highest BCUT2D eigenvalue weighted by Crippen LogP contribution is 2.19. The number of rotatable bonds is 9. The van der Waals surface area contributed by atoms with Crippen molar-refractivity contribution in [2.45, 2.75) is 18.1 Å². The molecule has 0 saturated heterocycles. The Hall–Kier alpha value is -3.17. The summed E-state index contributed by atoms with van der Waals surface area (Å²) >= 11 is 7.04. The van der Waals surface area contributed by atoms with Crippen LogP contribution in [0.4, 0.5) is 15.8 Å². The minimum absolute atomic E-state index is 0.0320. The number of hydrogen-bond donors (Lipinski definition) is 2. The Morgan fingerprint density at radius 3 is 2.29 bits per heavy atom. The van der Waals surface area contributed by atoms with Crippen LogP contribution >= 0.6 is 23.4 Å². The molecule has 10 heteroatoms. The number of amides is 2. The number of allylic oxidation sites excluding steroid dienone is 1. The molecule has 0 fully saturated rings. The third-order valence-corrected chi connectivity index (χ3v) is 5.23. The van der Waals surface area contributed by atoms with E-state index < -0.39 is 0 Å². The third kappa shape index (κ3) is 6.66. The normalized spacial score (nSPS) is 10.5. The first-order valence-electron chi connectivity index (χ1n) is 9.21. The summed E-state index contributed by atoms with van der Waals surface area (Å²) in [5.74, 6) is -0.373. The summed E-state index contributed by atoms with van der Waals surface area (Å²) in [6.45, 7) is 4.10. The number of anilines is 2. The smallest absolute Gasteiger partial charge is 0.234 e. The summed E-state index contributed by atoms with van der Waals surface area (Å²) in [4.78, 5) is 24.6. The van der Waals surface area contributed by atoms with Gasteiger partial charge in [0.1, 0.15) is 11.6 Å². The van der Waals surface area contributed by atoms with Gasteiger partial charge in [-0.15, -0.1) is 16.8 Å². The van der Waals surface area contributed by atoms with E-state index in [1.165, 1.54) is 36.0 Å². The highest BCUT2D eigenvalue weighted by Gasteiger charge is 2.16. The van der Waals surface area contributed by atoms with Crippen LogP contribution in [-0.4, -0.2) is 32.3 Å². The maximum Gasteiger partial charge on any atom is 0.234 e. The van der Waals surface area contributed by atoms with E-state index in [-0.39, 0.29) is 29.8 Å². The summed E-state index contributed by atoms with van der Waals surface area (Å²) in [6.07, 6.45) is 1.62. The molecule has 3 aromatic rings. The number of carbonyl (C=O) groups is 2. The van der Waals surface area contributed by atoms with Gasteiger partial charge in [-0.05, 0) is 48.5 Å². The Labute approximate surface area is 187 Å². The van der Waals surface area contributed by atoms with Gasteiger partial charge < -0.3 is 15.2 Å². The summed E-state index contributed by atoms with van der Waals surface area (Å²) in [5, 5.41) is 14.7. The summed E-state index contributed by atoms with van der Waals surface area (Å²) < 4.78 is 14.7. The lowest BCUT2D eigenvalue weighted by molar-refractivity contribution is -0.116. The van der Waals surface area contributed by atoms with Crippen molar-refractivity contribution >= 4 is 46.6 Å². The number of nitrogens with one attached hydrogen (secondary N) is 2. The molecular weight excluding hydrogens is 441 g/mol. The monoisotopic (exact) mass is 459 g/mol. The van der Waals surface area contributed by atoms with Gasteiger partial charge in [0, 0.05) is 22.9 Å². The minimum Gasteiger partial charge on any atom is -0.326 e. The van der Waals surface area contributed by atoms with Crippen molar-refractivity contribution < 1.29 is 14.0 Å². The van der Waals surface area contributed by atoms with E-state index in [2.05, 4.69) is 27.4 Å². The molecule has 0 radical (unpaired) electrons. The zero-order valence-electron chi connectivity index (χ0n) is 16.3. The van der Waals surface area contributed by atoms with Gasteiger partial charge >= 0.3 is 0 Å². The van der Waals surface area contributed by atoms with Crippen LogP contribution < -0.4 is 10.6 Å². The number of hydrogen-bond acceptors (Lipinski definition) is 5. The predicted molar refractivity (Wildman–Crippen MR) is 120 cm³/mol. The van der Waals surface area contributed by atoms with Crippen molar-refractivity contribution in [2.24, 2.45) is 0 Å². The molecule has 0 spiro atoms. The zero-order chi connectivity index (χ0) is 22.2. The second-order valence-corrected chi connectivity index (χ2v) is 7.75. The van der Waals surface area contributed by atoms with Crippen LogP contribution in [0.25, 0.3) is 0 Å². The Balaban J connectivity index is 1.60. The fraction of sp³-hybridized carbons (Fsp3) is 0.143. The van der Waals surface area contributed by atoms with Gasteiger partial charge in [-0.2, -0.15) is 0 Å². The molecule has 1 aromatic heterocycles. The molecule has 2 aromatic carbocycles. The summed E-state index contributed by atoms with van der Waals surface area (Å²) in [7, 11) is 0. The summed E-state index contributed by atoms with van der Waals surface area (Å²) in [6, 6.07) is 12.3. The average molecular weight is 460 g/mol. The molecule has 7 nitrogen and oxygen atoms in total. The van der Waals surface area contributed by atoms with Gasteiger partial charge in [0.25, 0.3) is 0 Å². The van der Waals surface area contributed by atoms with Gasteiger partial charge in [-0.1, -0.05) is 29.4 Å². The molecule has 0 aliphatic heterocycles. The number of nitrogens with zero attached hydrogens (tertiary/aromatic N) is 3. The van der Waals surface area contributed by atoms with Crippen LogP contribution in [0.5, 0.6) is 0 Å². The first-order chi connectivity index (χ1) is 14.9. The third-order valence-electron chi connectivity index (χ3n) is 4.01. The Kier molecular flexibility index (Phi) is 7.80. The molecule has 2 amide bonds. The quantitative estimate of drug-likeness (QED) is 0.370. The molecule has 0 atom stereocenters. The number of halogens is 2. The molecule has 3 rings (SSSR count). The fourth-order valence-corrected chi connectivity index (χ4v) is 3.50. The molecule has 160 valence electrons. The maximum atomic E-state index is 13.0. The lowest BCUT2D eigenvalue weighted by atomic mass is 10.3. The number of aromatic nitrogens is 3. The molecule has 0 aliphatic carbocycles. The fourth-order valence-electron chi connectivity index (χ4n) is 2.61. The van der Waals surface area contributed by atoms with Gasteiger partial charge in [0.2, 0.25) is 11.8 Å². The van der Waals surface area contributed by atoms with Crippen molar-refractivity contribution in [3.63, 3.8) is 0 Å². The topological polar surface area (TPSA) is 88.9 Å². The van der Waals surface area contributed by atoms with Crippen LogP contribution in [0.1, 0.15) is 5.82 Å². The second kappa shape index (κ2) is 10.7. The zero-order valence-corrected chi connectivity index (χ0v) is 17.9. The van der Waals surface area contributed by atoms with Gasteiger partial charge in [0.05, 0.1) is 12.2 Å². The van der Waals surface area contributed by atoms with Crippen LogP contribution in [0.15, 0.2) is 66.3 Å². The van der Waals surface area contributed by atoms with Gasteiger partial charge in [-0.25, -0.2) is 4.39 Å². The molecule has 0 unspecified atom stereocenters. The predicted octanol–water partition coefficient (Wildman–Crippen LogP) is 4.17. The number of benzene rings is 2. The minimum atomic E-state index is -0.384. The standard InChI is InChI=1S/C21H19ClFN5O2S/c1-2-11-28-18(12-19(29)24-17-9-5-15(23)6-10-17)26-27-21(28)31-13-20(30)25-16-7-3-14(22)4-8-16/h2-10H,1,11-13H2,(H,24,29)(H,25,30). The first kappa shape index (κ1) is 22.5. The van der Waals surface area contributed by atoms with Crippen molar-refractivity contribution in [3.05, 3.63) is 77.9 Å². The van der Waals surface area contributed by atoms with Crippen LogP contribution in [0.3, 0.4) is 0 Å².